The van der Waals surface area contributed by atoms with E-state index in [0.29, 0.717) is 18.4 Å². The maximum absolute atomic E-state index is 10.9. The van der Waals surface area contributed by atoms with Crippen LogP contribution in [0.15, 0.2) is 18.2 Å². The van der Waals surface area contributed by atoms with Crippen molar-refractivity contribution >= 4 is 5.69 Å². The van der Waals surface area contributed by atoms with Crippen LogP contribution in [0.2, 0.25) is 0 Å². The van der Waals surface area contributed by atoms with Crippen molar-refractivity contribution in [2.24, 2.45) is 5.92 Å². The van der Waals surface area contributed by atoms with E-state index < -0.39 is 0 Å². The van der Waals surface area contributed by atoms with Gasteiger partial charge in [0, 0.05) is 30.2 Å². The molecule has 2 fully saturated rings. The Morgan fingerprint density at radius 2 is 2.20 bits per heavy atom. The van der Waals surface area contributed by atoms with Crippen molar-refractivity contribution in [2.45, 2.75) is 31.6 Å². The normalized spacial score (nSPS) is 22.5. The number of piperidine rings is 1. The maximum Gasteiger partial charge on any atom is 0.269 e. The number of ether oxygens (including phenoxy) is 1. The molecule has 1 N–H and O–H groups in total. The predicted octanol–water partition coefficient (Wildman–Crippen LogP) is 2.85. The molecule has 1 aliphatic carbocycles. The van der Waals surface area contributed by atoms with Crippen LogP contribution in [0.5, 0.6) is 5.75 Å². The highest BCUT2D eigenvalue weighted by molar-refractivity contribution is 5.47. The van der Waals surface area contributed by atoms with Crippen molar-refractivity contribution in [2.75, 3.05) is 19.7 Å². The van der Waals surface area contributed by atoms with Crippen molar-refractivity contribution in [3.8, 4) is 5.75 Å². The average Bonchev–Trinajstić information content (AvgIpc) is 3.30. The number of nitrogens with zero attached hydrogens (tertiary/aromatic N) is 1. The van der Waals surface area contributed by atoms with Crippen molar-refractivity contribution in [1.82, 2.24) is 5.32 Å². The zero-order valence-corrected chi connectivity index (χ0v) is 11.5. The fraction of sp³-hybridized carbons (Fsp3) is 0.600. The smallest absolute Gasteiger partial charge is 0.269 e. The number of non-ortho nitro benzene ring substituents is 1. The van der Waals surface area contributed by atoms with Crippen LogP contribution in [0.4, 0.5) is 5.69 Å². The van der Waals surface area contributed by atoms with Crippen LogP contribution < -0.4 is 10.1 Å². The molecule has 108 valence electrons. The highest BCUT2D eigenvalue weighted by atomic mass is 16.6. The summed E-state index contributed by atoms with van der Waals surface area (Å²) in [6, 6.07) is 4.99. The molecular formula is C15H20N2O3. The zero-order chi connectivity index (χ0) is 13.9. The minimum absolute atomic E-state index is 0.165. The van der Waals surface area contributed by atoms with Crippen LogP contribution >= 0.6 is 0 Å². The van der Waals surface area contributed by atoms with E-state index in [0.717, 1.165) is 37.2 Å². The Morgan fingerprint density at radius 1 is 1.35 bits per heavy atom. The van der Waals surface area contributed by atoms with Crippen LogP contribution in [-0.2, 0) is 0 Å². The number of nitro groups is 1. The minimum atomic E-state index is -0.333. The summed E-state index contributed by atoms with van der Waals surface area (Å²) >= 11 is 0. The van der Waals surface area contributed by atoms with E-state index in [1.54, 1.807) is 18.2 Å². The van der Waals surface area contributed by atoms with E-state index in [-0.39, 0.29) is 10.6 Å². The van der Waals surface area contributed by atoms with E-state index in [1.807, 2.05) is 0 Å². The van der Waals surface area contributed by atoms with E-state index in [2.05, 4.69) is 5.32 Å². The minimum Gasteiger partial charge on any atom is -0.493 e. The van der Waals surface area contributed by atoms with Gasteiger partial charge in [-0.1, -0.05) is 0 Å². The Labute approximate surface area is 118 Å². The zero-order valence-electron chi connectivity index (χ0n) is 11.5. The van der Waals surface area contributed by atoms with Crippen molar-refractivity contribution in [1.29, 1.82) is 0 Å². The van der Waals surface area contributed by atoms with Gasteiger partial charge in [-0.05, 0) is 44.2 Å². The predicted molar refractivity (Wildman–Crippen MR) is 76.2 cm³/mol. The molecule has 0 bridgehead atoms. The fourth-order valence-electron chi connectivity index (χ4n) is 2.77. The molecule has 1 aliphatic heterocycles. The number of hydrogen-bond acceptors (Lipinski definition) is 4. The monoisotopic (exact) mass is 276 g/mol. The fourth-order valence-corrected chi connectivity index (χ4v) is 2.77. The number of rotatable bonds is 5. The highest BCUT2D eigenvalue weighted by Gasteiger charge is 2.29. The van der Waals surface area contributed by atoms with Gasteiger partial charge in [-0.2, -0.15) is 0 Å². The molecule has 1 heterocycles. The second-order valence-electron chi connectivity index (χ2n) is 5.78. The van der Waals surface area contributed by atoms with Gasteiger partial charge in [0.25, 0.3) is 5.69 Å². The summed E-state index contributed by atoms with van der Waals surface area (Å²) in [5.41, 5.74) is 1.18. The second kappa shape index (κ2) is 5.79. The van der Waals surface area contributed by atoms with Crippen LogP contribution in [0.3, 0.4) is 0 Å². The van der Waals surface area contributed by atoms with Crippen LogP contribution in [-0.4, -0.2) is 24.6 Å². The summed E-state index contributed by atoms with van der Waals surface area (Å²) in [7, 11) is 0. The third-order valence-corrected chi connectivity index (χ3v) is 4.09. The van der Waals surface area contributed by atoms with Gasteiger partial charge in [0.1, 0.15) is 5.75 Å². The highest BCUT2D eigenvalue weighted by Crippen LogP contribution is 2.45. The van der Waals surface area contributed by atoms with Gasteiger partial charge in [0.2, 0.25) is 0 Å². The van der Waals surface area contributed by atoms with E-state index >= 15 is 0 Å². The summed E-state index contributed by atoms with van der Waals surface area (Å²) in [6.07, 6.45) is 4.62. The average molecular weight is 276 g/mol. The van der Waals surface area contributed by atoms with Gasteiger partial charge < -0.3 is 10.1 Å². The summed E-state index contributed by atoms with van der Waals surface area (Å²) in [5.74, 6) is 1.84. The summed E-state index contributed by atoms with van der Waals surface area (Å²) in [4.78, 5) is 10.5. The largest absolute Gasteiger partial charge is 0.493 e. The molecule has 5 nitrogen and oxygen atoms in total. The first-order chi connectivity index (χ1) is 9.74. The Hall–Kier alpha value is -1.62. The van der Waals surface area contributed by atoms with E-state index in [9.17, 15) is 10.1 Å². The molecule has 20 heavy (non-hydrogen) atoms. The second-order valence-corrected chi connectivity index (χ2v) is 5.78. The lowest BCUT2D eigenvalue weighted by Gasteiger charge is -2.23. The van der Waals surface area contributed by atoms with E-state index in [1.165, 1.54) is 12.8 Å². The Balaban J connectivity index is 1.69. The molecule has 1 unspecified atom stereocenters. The van der Waals surface area contributed by atoms with E-state index in [4.69, 9.17) is 4.74 Å². The van der Waals surface area contributed by atoms with Crippen molar-refractivity contribution in [3.63, 3.8) is 0 Å². The van der Waals surface area contributed by atoms with Crippen LogP contribution in [0.1, 0.15) is 37.2 Å². The van der Waals surface area contributed by atoms with Gasteiger partial charge in [-0.25, -0.2) is 0 Å². The van der Waals surface area contributed by atoms with Gasteiger partial charge in [0.15, 0.2) is 0 Å². The molecule has 0 amide bonds. The molecular weight excluding hydrogens is 256 g/mol. The molecule has 5 heteroatoms. The molecule has 0 radical (unpaired) electrons. The molecule has 1 aromatic carbocycles. The SMILES string of the molecule is O=[N+]([O-])c1ccc(OCC2CCCNC2)c(C2CC2)c1. The lowest BCUT2D eigenvalue weighted by atomic mass is 10.0. The number of benzene rings is 1. The Morgan fingerprint density at radius 3 is 2.85 bits per heavy atom. The molecule has 1 atom stereocenters. The quantitative estimate of drug-likeness (QED) is 0.663. The van der Waals surface area contributed by atoms with Crippen molar-refractivity contribution in [3.05, 3.63) is 33.9 Å². The van der Waals surface area contributed by atoms with Crippen LogP contribution in [0.25, 0.3) is 0 Å². The number of hydrogen-bond donors (Lipinski definition) is 1. The summed E-state index contributed by atoms with van der Waals surface area (Å²) < 4.78 is 5.95. The Kier molecular flexibility index (Phi) is 3.87. The third-order valence-electron chi connectivity index (χ3n) is 4.09. The summed E-state index contributed by atoms with van der Waals surface area (Å²) in [6.45, 7) is 2.80. The molecule has 1 saturated carbocycles. The molecule has 0 aromatic heterocycles. The van der Waals surface area contributed by atoms with Gasteiger partial charge in [0.05, 0.1) is 11.5 Å². The Bertz CT molecular complexity index is 494. The van der Waals surface area contributed by atoms with Gasteiger partial charge >= 0.3 is 0 Å². The first-order valence-corrected chi connectivity index (χ1v) is 7.36. The molecule has 0 spiro atoms. The topological polar surface area (TPSA) is 64.4 Å². The molecule has 1 aromatic rings. The number of nitrogens with one attached hydrogen (secondary N) is 1. The first-order valence-electron chi connectivity index (χ1n) is 7.36. The third kappa shape index (κ3) is 3.10. The van der Waals surface area contributed by atoms with Gasteiger partial charge in [-0.15, -0.1) is 0 Å². The lowest BCUT2D eigenvalue weighted by Crippen LogP contribution is -2.33. The van der Waals surface area contributed by atoms with Crippen molar-refractivity contribution < 1.29 is 9.66 Å². The first kappa shape index (κ1) is 13.4. The summed E-state index contributed by atoms with van der Waals surface area (Å²) in [5, 5.41) is 14.2. The standard InChI is InChI=1S/C15H20N2O3/c18-17(19)13-5-6-15(14(8-13)12-3-4-12)20-10-11-2-1-7-16-9-11/h5-6,8,11-12,16H,1-4,7,9-10H2. The molecule has 1 saturated heterocycles. The lowest BCUT2D eigenvalue weighted by molar-refractivity contribution is -0.384. The number of nitro benzene ring substituents is 1. The molecule has 2 aliphatic rings. The maximum atomic E-state index is 10.9. The molecule has 3 rings (SSSR count). The van der Waals surface area contributed by atoms with Crippen LogP contribution in [0, 0.1) is 16.0 Å². The van der Waals surface area contributed by atoms with Gasteiger partial charge in [-0.3, -0.25) is 10.1 Å².